The van der Waals surface area contributed by atoms with Crippen molar-refractivity contribution in [2.75, 3.05) is 20.3 Å². The van der Waals surface area contributed by atoms with Gasteiger partial charge >= 0.3 is 0 Å². The Kier molecular flexibility index (Phi) is 7.23. The maximum Gasteiger partial charge on any atom is 0.122 e. The summed E-state index contributed by atoms with van der Waals surface area (Å²) in [7, 11) is 1.72. The van der Waals surface area contributed by atoms with E-state index in [4.69, 9.17) is 9.47 Å². The van der Waals surface area contributed by atoms with Gasteiger partial charge in [-0.15, -0.1) is 11.8 Å². The zero-order valence-electron chi connectivity index (χ0n) is 14.5. The summed E-state index contributed by atoms with van der Waals surface area (Å²) in [5.74, 6) is 1.79. The van der Waals surface area contributed by atoms with Crippen LogP contribution in [0, 0.1) is 0 Å². The summed E-state index contributed by atoms with van der Waals surface area (Å²) in [6.07, 6.45) is 2.48. The van der Waals surface area contributed by atoms with Crippen LogP contribution >= 0.6 is 27.7 Å². The highest BCUT2D eigenvalue weighted by Gasteiger charge is 2.14. The van der Waals surface area contributed by atoms with Crippen LogP contribution in [-0.2, 0) is 17.1 Å². The molecule has 0 saturated carbocycles. The zero-order chi connectivity index (χ0) is 17.5. The number of hydrogen-bond donors (Lipinski definition) is 1. The number of nitrogens with one attached hydrogen (secondary N) is 1. The number of benzene rings is 2. The van der Waals surface area contributed by atoms with E-state index in [0.717, 1.165) is 29.1 Å². The molecule has 134 valence electrons. The standard InChI is InChI=1S/C20H24BrNO2S/c1-23-19-9-8-17(21)11-16(19)14-25-20-7-3-2-5-15(20)12-24-13-18-6-4-10-22-18/h2-3,5,7-9,11,18,22H,4,6,10,12-14H2,1H3. The van der Waals surface area contributed by atoms with Crippen molar-refractivity contribution in [2.24, 2.45) is 0 Å². The molecule has 1 aliphatic rings. The first-order valence-corrected chi connectivity index (χ1v) is 10.4. The Morgan fingerprint density at radius 1 is 1.20 bits per heavy atom. The Morgan fingerprint density at radius 2 is 2.08 bits per heavy atom. The summed E-state index contributed by atoms with van der Waals surface area (Å²) in [5, 5.41) is 3.47. The number of methoxy groups -OCH3 is 1. The molecule has 1 N–H and O–H groups in total. The molecule has 1 unspecified atom stereocenters. The smallest absolute Gasteiger partial charge is 0.122 e. The van der Waals surface area contributed by atoms with E-state index >= 15 is 0 Å². The first kappa shape index (κ1) is 18.8. The van der Waals surface area contributed by atoms with Crippen molar-refractivity contribution in [3.05, 3.63) is 58.1 Å². The fourth-order valence-electron chi connectivity index (χ4n) is 2.99. The minimum atomic E-state index is 0.519. The van der Waals surface area contributed by atoms with Crippen molar-refractivity contribution in [3.63, 3.8) is 0 Å². The van der Waals surface area contributed by atoms with Crippen LogP contribution in [0.1, 0.15) is 24.0 Å². The molecule has 25 heavy (non-hydrogen) atoms. The van der Waals surface area contributed by atoms with E-state index < -0.39 is 0 Å². The van der Waals surface area contributed by atoms with Crippen LogP contribution in [0.4, 0.5) is 0 Å². The van der Waals surface area contributed by atoms with Gasteiger partial charge in [-0.05, 0) is 49.2 Å². The van der Waals surface area contributed by atoms with Crippen molar-refractivity contribution in [1.82, 2.24) is 5.32 Å². The fraction of sp³-hybridized carbons (Fsp3) is 0.400. The molecule has 2 aromatic carbocycles. The third kappa shape index (κ3) is 5.48. The minimum Gasteiger partial charge on any atom is -0.496 e. The van der Waals surface area contributed by atoms with E-state index in [2.05, 4.69) is 51.6 Å². The highest BCUT2D eigenvalue weighted by atomic mass is 79.9. The lowest BCUT2D eigenvalue weighted by atomic mass is 10.2. The average molecular weight is 422 g/mol. The predicted molar refractivity (Wildman–Crippen MR) is 107 cm³/mol. The van der Waals surface area contributed by atoms with Gasteiger partial charge in [-0.3, -0.25) is 0 Å². The Hall–Kier alpha value is -1.01. The van der Waals surface area contributed by atoms with Crippen molar-refractivity contribution < 1.29 is 9.47 Å². The third-order valence-electron chi connectivity index (χ3n) is 4.34. The van der Waals surface area contributed by atoms with Crippen LogP contribution in [0.15, 0.2) is 51.8 Å². The molecular weight excluding hydrogens is 398 g/mol. The Bertz CT molecular complexity index is 689. The molecule has 1 heterocycles. The van der Waals surface area contributed by atoms with Crippen LogP contribution in [-0.4, -0.2) is 26.3 Å². The van der Waals surface area contributed by atoms with Crippen molar-refractivity contribution in [3.8, 4) is 5.75 Å². The van der Waals surface area contributed by atoms with Gasteiger partial charge in [-0.1, -0.05) is 34.1 Å². The van der Waals surface area contributed by atoms with E-state index in [9.17, 15) is 0 Å². The SMILES string of the molecule is COc1ccc(Br)cc1CSc1ccccc1COCC1CCCN1. The van der Waals surface area contributed by atoms with Crippen LogP contribution in [0.3, 0.4) is 0 Å². The zero-order valence-corrected chi connectivity index (χ0v) is 16.9. The molecule has 0 bridgehead atoms. The third-order valence-corrected chi connectivity index (χ3v) is 6.00. The molecule has 0 amide bonds. The molecule has 1 fully saturated rings. The maximum absolute atomic E-state index is 5.95. The quantitative estimate of drug-likeness (QED) is 0.606. The number of rotatable bonds is 8. The highest BCUT2D eigenvalue weighted by molar-refractivity contribution is 9.10. The molecule has 1 saturated heterocycles. The van der Waals surface area contributed by atoms with Gasteiger partial charge in [0, 0.05) is 26.7 Å². The lowest BCUT2D eigenvalue weighted by molar-refractivity contribution is 0.102. The Labute approximate surface area is 162 Å². The second kappa shape index (κ2) is 9.62. The van der Waals surface area contributed by atoms with Crippen LogP contribution in [0.5, 0.6) is 5.75 Å². The molecule has 3 rings (SSSR count). The largest absolute Gasteiger partial charge is 0.496 e. The monoisotopic (exact) mass is 421 g/mol. The van der Waals surface area contributed by atoms with Gasteiger partial charge in [0.1, 0.15) is 5.75 Å². The predicted octanol–water partition coefficient (Wildman–Crippen LogP) is 5.02. The first-order valence-electron chi connectivity index (χ1n) is 8.60. The van der Waals surface area contributed by atoms with Gasteiger partial charge in [0.15, 0.2) is 0 Å². The molecule has 3 nitrogen and oxygen atoms in total. The fourth-order valence-corrected chi connectivity index (χ4v) is 4.42. The van der Waals surface area contributed by atoms with Crippen LogP contribution < -0.4 is 10.1 Å². The minimum absolute atomic E-state index is 0.519. The molecule has 0 aromatic heterocycles. The van der Waals surface area contributed by atoms with Crippen molar-refractivity contribution in [2.45, 2.75) is 36.1 Å². The number of ether oxygens (including phenoxy) is 2. The summed E-state index contributed by atoms with van der Waals surface area (Å²) >= 11 is 5.37. The maximum atomic E-state index is 5.95. The normalized spacial score (nSPS) is 17.0. The van der Waals surface area contributed by atoms with Gasteiger partial charge in [-0.2, -0.15) is 0 Å². The van der Waals surface area contributed by atoms with Gasteiger partial charge in [0.25, 0.3) is 0 Å². The van der Waals surface area contributed by atoms with Crippen LogP contribution in [0.2, 0.25) is 0 Å². The second-order valence-electron chi connectivity index (χ2n) is 6.16. The number of halogens is 1. The van der Waals surface area contributed by atoms with Gasteiger partial charge in [0.2, 0.25) is 0 Å². The van der Waals surface area contributed by atoms with Gasteiger partial charge in [-0.25, -0.2) is 0 Å². The van der Waals surface area contributed by atoms with E-state index in [-0.39, 0.29) is 0 Å². The summed E-state index contributed by atoms with van der Waals surface area (Å²) < 4.78 is 12.5. The summed E-state index contributed by atoms with van der Waals surface area (Å²) in [6, 6.07) is 15.1. The molecule has 1 aliphatic heterocycles. The van der Waals surface area contributed by atoms with Crippen molar-refractivity contribution in [1.29, 1.82) is 0 Å². The lowest BCUT2D eigenvalue weighted by Crippen LogP contribution is -2.26. The molecule has 0 aliphatic carbocycles. The van der Waals surface area contributed by atoms with E-state index in [1.807, 2.05) is 23.9 Å². The Balaban J connectivity index is 1.59. The van der Waals surface area contributed by atoms with Crippen molar-refractivity contribution >= 4 is 27.7 Å². The Morgan fingerprint density at radius 3 is 2.88 bits per heavy atom. The van der Waals surface area contributed by atoms with E-state index in [1.165, 1.54) is 28.9 Å². The van der Waals surface area contributed by atoms with E-state index in [0.29, 0.717) is 12.6 Å². The molecule has 5 heteroatoms. The average Bonchev–Trinajstić information content (AvgIpc) is 3.14. The lowest BCUT2D eigenvalue weighted by Gasteiger charge is -2.14. The summed E-state index contributed by atoms with van der Waals surface area (Å²) in [6.45, 7) is 2.57. The summed E-state index contributed by atoms with van der Waals surface area (Å²) in [5.41, 5.74) is 2.44. The van der Waals surface area contributed by atoms with Crippen LogP contribution in [0.25, 0.3) is 0 Å². The van der Waals surface area contributed by atoms with E-state index in [1.54, 1.807) is 7.11 Å². The topological polar surface area (TPSA) is 30.5 Å². The number of thioether (sulfide) groups is 1. The molecular formula is C20H24BrNO2S. The second-order valence-corrected chi connectivity index (χ2v) is 8.09. The molecule has 0 spiro atoms. The van der Waals surface area contributed by atoms with Gasteiger partial charge in [0.05, 0.1) is 20.3 Å². The first-order chi connectivity index (χ1) is 12.3. The molecule has 1 atom stereocenters. The number of hydrogen-bond acceptors (Lipinski definition) is 4. The molecule has 2 aromatic rings. The van der Waals surface area contributed by atoms with Gasteiger partial charge < -0.3 is 14.8 Å². The summed E-state index contributed by atoms with van der Waals surface area (Å²) in [4.78, 5) is 1.27. The molecule has 0 radical (unpaired) electrons. The highest BCUT2D eigenvalue weighted by Crippen LogP contribution is 2.32.